The number of aromatic nitrogens is 2. The summed E-state index contributed by atoms with van der Waals surface area (Å²) in [5, 5.41) is 14.0. The minimum absolute atomic E-state index is 0.112. The summed E-state index contributed by atoms with van der Waals surface area (Å²) in [5.41, 5.74) is 0.570. The van der Waals surface area contributed by atoms with Crippen molar-refractivity contribution in [3.05, 3.63) is 30.1 Å². The molecule has 6 nitrogen and oxygen atoms in total. The summed E-state index contributed by atoms with van der Waals surface area (Å²) in [6.07, 6.45) is 1.13. The molecule has 1 unspecified atom stereocenters. The molecule has 0 spiro atoms. The van der Waals surface area contributed by atoms with Crippen molar-refractivity contribution in [2.75, 3.05) is 33.7 Å². The van der Waals surface area contributed by atoms with E-state index in [-0.39, 0.29) is 11.8 Å². The van der Waals surface area contributed by atoms with Crippen LogP contribution >= 0.6 is 0 Å². The fourth-order valence-corrected chi connectivity index (χ4v) is 2.68. The van der Waals surface area contributed by atoms with Crippen molar-refractivity contribution >= 4 is 0 Å². The molecule has 0 aliphatic carbocycles. The van der Waals surface area contributed by atoms with E-state index in [1.54, 1.807) is 18.2 Å². The summed E-state index contributed by atoms with van der Waals surface area (Å²) in [6.45, 7) is 2.96. The van der Waals surface area contributed by atoms with Gasteiger partial charge in [-0.2, -0.15) is 4.98 Å². The number of aromatic hydroxyl groups is 1. The highest BCUT2D eigenvalue weighted by atomic mass is 16.5. The molecule has 6 heteroatoms. The van der Waals surface area contributed by atoms with E-state index in [1.165, 1.54) is 0 Å². The molecule has 0 radical (unpaired) electrons. The van der Waals surface area contributed by atoms with Crippen molar-refractivity contribution in [2.24, 2.45) is 0 Å². The molecule has 1 aliphatic heterocycles. The van der Waals surface area contributed by atoms with E-state index in [4.69, 9.17) is 4.52 Å². The molecule has 0 bridgehead atoms. The first-order valence-corrected chi connectivity index (χ1v) is 7.16. The van der Waals surface area contributed by atoms with Crippen LogP contribution in [0.3, 0.4) is 0 Å². The Morgan fingerprint density at radius 1 is 1.24 bits per heavy atom. The van der Waals surface area contributed by atoms with Gasteiger partial charge in [0.1, 0.15) is 5.75 Å². The number of para-hydroxylation sites is 1. The second kappa shape index (κ2) is 5.83. The fraction of sp³-hybridized carbons (Fsp3) is 0.467. The van der Waals surface area contributed by atoms with Crippen LogP contribution in [0.25, 0.3) is 11.5 Å². The van der Waals surface area contributed by atoms with Crippen LogP contribution in [0.5, 0.6) is 5.75 Å². The number of nitrogens with zero attached hydrogens (tertiary/aromatic N) is 4. The van der Waals surface area contributed by atoms with E-state index in [1.807, 2.05) is 6.07 Å². The van der Waals surface area contributed by atoms with Gasteiger partial charge in [-0.05, 0) is 45.7 Å². The SMILES string of the molecule is CN1CCCN(C)C(c2noc(-c3ccccc3O)n2)C1. The monoisotopic (exact) mass is 288 g/mol. The van der Waals surface area contributed by atoms with Crippen molar-refractivity contribution in [2.45, 2.75) is 12.5 Å². The first-order valence-electron chi connectivity index (χ1n) is 7.16. The van der Waals surface area contributed by atoms with Crippen LogP contribution in [0.15, 0.2) is 28.8 Å². The second-order valence-electron chi connectivity index (χ2n) is 5.59. The maximum absolute atomic E-state index is 9.88. The Morgan fingerprint density at radius 2 is 2.05 bits per heavy atom. The molecule has 1 N–H and O–H groups in total. The lowest BCUT2D eigenvalue weighted by atomic mass is 10.2. The predicted octanol–water partition coefficient (Wildman–Crippen LogP) is 1.75. The number of rotatable bonds is 2. The number of phenols is 1. The molecular formula is C15H20N4O2. The maximum Gasteiger partial charge on any atom is 0.261 e. The van der Waals surface area contributed by atoms with Gasteiger partial charge in [0.05, 0.1) is 11.6 Å². The van der Waals surface area contributed by atoms with Crippen molar-refractivity contribution in [1.29, 1.82) is 0 Å². The first-order chi connectivity index (χ1) is 10.1. The quantitative estimate of drug-likeness (QED) is 0.908. The van der Waals surface area contributed by atoms with Gasteiger partial charge in [-0.3, -0.25) is 4.90 Å². The Labute approximate surface area is 124 Å². The maximum atomic E-state index is 9.88. The molecule has 1 aliphatic rings. The van der Waals surface area contributed by atoms with Gasteiger partial charge < -0.3 is 14.5 Å². The van der Waals surface area contributed by atoms with Crippen LogP contribution < -0.4 is 0 Å². The first kappa shape index (κ1) is 14.0. The topological polar surface area (TPSA) is 65.6 Å². The lowest BCUT2D eigenvalue weighted by Gasteiger charge is -2.24. The van der Waals surface area contributed by atoms with E-state index in [2.05, 4.69) is 34.0 Å². The van der Waals surface area contributed by atoms with Gasteiger partial charge in [0.2, 0.25) is 0 Å². The van der Waals surface area contributed by atoms with Crippen molar-refractivity contribution in [3.8, 4) is 17.2 Å². The summed E-state index contributed by atoms with van der Waals surface area (Å²) in [6, 6.07) is 7.11. The normalized spacial score (nSPS) is 21.3. The molecule has 112 valence electrons. The van der Waals surface area contributed by atoms with Crippen molar-refractivity contribution in [1.82, 2.24) is 19.9 Å². The predicted molar refractivity (Wildman–Crippen MR) is 78.9 cm³/mol. The van der Waals surface area contributed by atoms with Gasteiger partial charge in [0.25, 0.3) is 5.89 Å². The molecule has 1 atom stereocenters. The highest BCUT2D eigenvalue weighted by molar-refractivity contribution is 5.61. The third-order valence-corrected chi connectivity index (χ3v) is 3.94. The Morgan fingerprint density at radius 3 is 2.86 bits per heavy atom. The van der Waals surface area contributed by atoms with E-state index in [0.717, 1.165) is 26.1 Å². The van der Waals surface area contributed by atoms with E-state index < -0.39 is 0 Å². The summed E-state index contributed by atoms with van der Waals surface area (Å²) in [4.78, 5) is 9.02. The Hall–Kier alpha value is -1.92. The lowest BCUT2D eigenvalue weighted by Crippen LogP contribution is -2.31. The average molecular weight is 288 g/mol. The number of hydrogen-bond donors (Lipinski definition) is 1. The molecule has 0 amide bonds. The van der Waals surface area contributed by atoms with Gasteiger partial charge in [0.15, 0.2) is 5.82 Å². The zero-order valence-electron chi connectivity index (χ0n) is 12.4. The fourth-order valence-electron chi connectivity index (χ4n) is 2.68. The highest BCUT2D eigenvalue weighted by Crippen LogP contribution is 2.29. The third-order valence-electron chi connectivity index (χ3n) is 3.94. The smallest absolute Gasteiger partial charge is 0.261 e. The standard InChI is InChI=1S/C15H20N4O2/c1-18-8-5-9-19(2)12(10-18)14-16-15(21-17-14)11-6-3-4-7-13(11)20/h3-4,6-7,12,20H,5,8-10H2,1-2H3. The van der Waals surface area contributed by atoms with Crippen LogP contribution in [-0.4, -0.2) is 58.8 Å². The number of likely N-dealkylation sites (N-methyl/N-ethyl adjacent to an activating group) is 2. The van der Waals surface area contributed by atoms with E-state index >= 15 is 0 Å². The average Bonchev–Trinajstić information content (AvgIpc) is 2.88. The highest BCUT2D eigenvalue weighted by Gasteiger charge is 2.27. The summed E-state index contributed by atoms with van der Waals surface area (Å²) >= 11 is 0. The van der Waals surface area contributed by atoms with Crippen molar-refractivity contribution < 1.29 is 9.63 Å². The molecule has 3 rings (SSSR count). The Bertz CT molecular complexity index is 613. The van der Waals surface area contributed by atoms with Crippen LogP contribution in [0.1, 0.15) is 18.3 Å². The van der Waals surface area contributed by atoms with E-state index in [9.17, 15) is 5.11 Å². The Balaban J connectivity index is 1.89. The molecule has 2 aromatic rings. The third kappa shape index (κ3) is 2.91. The molecule has 1 aromatic carbocycles. The van der Waals surface area contributed by atoms with Gasteiger partial charge in [-0.15, -0.1) is 0 Å². The van der Waals surface area contributed by atoms with Gasteiger partial charge >= 0.3 is 0 Å². The van der Waals surface area contributed by atoms with Crippen LogP contribution in [-0.2, 0) is 0 Å². The zero-order valence-corrected chi connectivity index (χ0v) is 12.4. The summed E-state index contributed by atoms with van der Waals surface area (Å²) < 4.78 is 5.34. The summed E-state index contributed by atoms with van der Waals surface area (Å²) in [5.74, 6) is 1.19. The zero-order chi connectivity index (χ0) is 14.8. The largest absolute Gasteiger partial charge is 0.507 e. The number of benzene rings is 1. The Kier molecular flexibility index (Phi) is 3.90. The molecule has 0 saturated carbocycles. The molecule has 1 saturated heterocycles. The van der Waals surface area contributed by atoms with Crippen LogP contribution in [0.2, 0.25) is 0 Å². The van der Waals surface area contributed by atoms with Gasteiger partial charge in [-0.1, -0.05) is 17.3 Å². The molecule has 21 heavy (non-hydrogen) atoms. The number of hydrogen-bond acceptors (Lipinski definition) is 6. The van der Waals surface area contributed by atoms with Crippen LogP contribution in [0, 0.1) is 0 Å². The van der Waals surface area contributed by atoms with Crippen molar-refractivity contribution in [3.63, 3.8) is 0 Å². The minimum atomic E-state index is 0.112. The van der Waals surface area contributed by atoms with Crippen LogP contribution in [0.4, 0.5) is 0 Å². The van der Waals surface area contributed by atoms with Gasteiger partial charge in [0, 0.05) is 6.54 Å². The molecule has 1 fully saturated rings. The molecular weight excluding hydrogens is 268 g/mol. The second-order valence-corrected chi connectivity index (χ2v) is 5.59. The molecule has 1 aromatic heterocycles. The lowest BCUT2D eigenvalue weighted by molar-refractivity contribution is 0.215. The number of phenolic OH excluding ortho intramolecular Hbond substituents is 1. The summed E-state index contributed by atoms with van der Waals surface area (Å²) in [7, 11) is 4.19. The molecule has 2 heterocycles. The van der Waals surface area contributed by atoms with E-state index in [0.29, 0.717) is 17.3 Å². The van der Waals surface area contributed by atoms with Gasteiger partial charge in [-0.25, -0.2) is 0 Å². The minimum Gasteiger partial charge on any atom is -0.507 e.